The van der Waals surface area contributed by atoms with Crippen LogP contribution in [0.15, 0.2) is 36.2 Å². The largest absolute Gasteiger partial charge is 0.461 e. The molecule has 0 bridgehead atoms. The van der Waals surface area contributed by atoms with Crippen LogP contribution in [0.5, 0.6) is 0 Å². The molecule has 5 heteroatoms. The average Bonchev–Trinajstić information content (AvgIpc) is 2.37. The fraction of sp³-hybridized carbons (Fsp3) is 0.462. The zero-order valence-corrected chi connectivity index (χ0v) is 11.0. The van der Waals surface area contributed by atoms with Crippen LogP contribution in [0.4, 0.5) is 0 Å². The Morgan fingerprint density at radius 1 is 1.72 bits per heavy atom. The number of nitrogens with two attached hydrogens (primary N) is 1. The van der Waals surface area contributed by atoms with Crippen LogP contribution in [-0.2, 0) is 9.53 Å². The molecule has 0 saturated heterocycles. The normalized spacial score (nSPS) is 18.1. The summed E-state index contributed by atoms with van der Waals surface area (Å²) in [5.41, 5.74) is 6.77. The number of nitrogens with one attached hydrogen (secondary N) is 1. The molecular weight excluding hydrogens is 230 g/mol. The summed E-state index contributed by atoms with van der Waals surface area (Å²) in [6, 6.07) is 0.231. The van der Waals surface area contributed by atoms with Gasteiger partial charge in [-0.15, -0.1) is 0 Å². The number of likely N-dealkylation sites (N-methyl/N-ethyl adjacent to an activating group) is 1. The molecule has 0 saturated carbocycles. The molecule has 18 heavy (non-hydrogen) atoms. The second-order valence-electron chi connectivity index (χ2n) is 4.13. The van der Waals surface area contributed by atoms with E-state index in [1.54, 1.807) is 18.9 Å². The Kier molecular flexibility index (Phi) is 5.45. The highest BCUT2D eigenvalue weighted by Crippen LogP contribution is 2.07. The van der Waals surface area contributed by atoms with Gasteiger partial charge < -0.3 is 15.4 Å². The number of allylic oxidation sites excluding steroid dienone is 1. The second-order valence-corrected chi connectivity index (χ2v) is 4.13. The molecule has 0 fully saturated rings. The first-order valence-corrected chi connectivity index (χ1v) is 5.99. The Morgan fingerprint density at radius 3 is 3.00 bits per heavy atom. The van der Waals surface area contributed by atoms with Crippen LogP contribution < -0.4 is 11.1 Å². The van der Waals surface area contributed by atoms with Crippen LogP contribution in [0.25, 0.3) is 0 Å². The number of hydrogen-bond donors (Lipinski definition) is 2. The summed E-state index contributed by atoms with van der Waals surface area (Å²) < 4.78 is 4.88. The fourth-order valence-corrected chi connectivity index (χ4v) is 1.51. The molecule has 100 valence electrons. The fourth-order valence-electron chi connectivity index (χ4n) is 1.51. The quantitative estimate of drug-likeness (QED) is 0.413. The monoisotopic (exact) mass is 251 g/mol. The third-order valence-corrected chi connectivity index (χ3v) is 2.69. The number of hydrogen-bond acceptors (Lipinski definition) is 5. The lowest BCUT2D eigenvalue weighted by Gasteiger charge is -2.24. The van der Waals surface area contributed by atoms with Crippen molar-refractivity contribution in [2.45, 2.75) is 19.4 Å². The molecule has 0 heterocycles. The van der Waals surface area contributed by atoms with E-state index in [4.69, 9.17) is 10.5 Å². The van der Waals surface area contributed by atoms with Crippen molar-refractivity contribution in [3.05, 3.63) is 36.2 Å². The van der Waals surface area contributed by atoms with Crippen molar-refractivity contribution in [3.8, 4) is 0 Å². The summed E-state index contributed by atoms with van der Waals surface area (Å²) >= 11 is 0. The molecule has 0 aliphatic heterocycles. The van der Waals surface area contributed by atoms with Gasteiger partial charge in [0.05, 0.1) is 13.3 Å². The van der Waals surface area contributed by atoms with E-state index in [9.17, 15) is 4.79 Å². The van der Waals surface area contributed by atoms with Crippen molar-refractivity contribution >= 4 is 5.97 Å². The van der Waals surface area contributed by atoms with Gasteiger partial charge in [0, 0.05) is 18.8 Å². The predicted molar refractivity (Wildman–Crippen MR) is 71.4 cm³/mol. The Bertz CT molecular complexity index is 374. The minimum Gasteiger partial charge on any atom is -0.461 e. The number of esters is 1. The first kappa shape index (κ1) is 14.3. The van der Waals surface area contributed by atoms with E-state index in [1.807, 2.05) is 18.2 Å². The first-order valence-electron chi connectivity index (χ1n) is 5.99. The molecule has 0 spiro atoms. The second kappa shape index (κ2) is 6.86. The molecule has 3 N–H and O–H groups in total. The molecule has 1 aliphatic rings. The van der Waals surface area contributed by atoms with Crippen LogP contribution >= 0.6 is 0 Å². The van der Waals surface area contributed by atoms with Crippen LogP contribution in [0.1, 0.15) is 13.3 Å². The van der Waals surface area contributed by atoms with E-state index >= 15 is 0 Å². The van der Waals surface area contributed by atoms with Gasteiger partial charge in [-0.2, -0.15) is 0 Å². The highest BCUT2D eigenvalue weighted by molar-refractivity contribution is 5.86. The highest BCUT2D eigenvalue weighted by atomic mass is 16.5. The lowest BCUT2D eigenvalue weighted by Crippen LogP contribution is -2.38. The Morgan fingerprint density at radius 2 is 2.44 bits per heavy atom. The van der Waals surface area contributed by atoms with Crippen molar-refractivity contribution in [3.63, 3.8) is 0 Å². The van der Waals surface area contributed by atoms with E-state index in [1.165, 1.54) is 0 Å². The van der Waals surface area contributed by atoms with Gasteiger partial charge in [0.1, 0.15) is 5.70 Å². The van der Waals surface area contributed by atoms with Crippen molar-refractivity contribution in [1.29, 1.82) is 0 Å². The summed E-state index contributed by atoms with van der Waals surface area (Å²) in [6.45, 7) is 6.37. The van der Waals surface area contributed by atoms with Gasteiger partial charge in [0.15, 0.2) is 0 Å². The third-order valence-electron chi connectivity index (χ3n) is 2.69. The third kappa shape index (κ3) is 4.25. The molecular formula is C13H21N3O2. The zero-order valence-electron chi connectivity index (χ0n) is 11.0. The van der Waals surface area contributed by atoms with Crippen LogP contribution in [0.2, 0.25) is 0 Å². The average molecular weight is 251 g/mol. The Balaban J connectivity index is 2.33. The van der Waals surface area contributed by atoms with Gasteiger partial charge in [-0.05, 0) is 19.4 Å². The lowest BCUT2D eigenvalue weighted by molar-refractivity contribution is -0.140. The number of carbonyl (C=O) groups is 1. The molecule has 1 aliphatic carbocycles. The van der Waals surface area contributed by atoms with Crippen LogP contribution in [0, 0.1) is 0 Å². The summed E-state index contributed by atoms with van der Waals surface area (Å²) in [4.78, 5) is 13.2. The highest BCUT2D eigenvalue weighted by Gasteiger charge is 2.14. The zero-order chi connectivity index (χ0) is 13.5. The van der Waals surface area contributed by atoms with Crippen LogP contribution in [0.3, 0.4) is 0 Å². The standard InChI is InChI=1S/C13H21N3O2/c1-4-18-13(17)10(2)16(3)9-15-12-7-5-11(14)6-8-12/h5-7,12,15H,2,4,8-9,14H2,1,3H3. The van der Waals surface area contributed by atoms with E-state index in [0.29, 0.717) is 19.0 Å². The number of carbonyl (C=O) groups excluding carboxylic acids is 1. The molecule has 5 nitrogen and oxygen atoms in total. The van der Waals surface area contributed by atoms with Crippen molar-refractivity contribution in [2.75, 3.05) is 20.3 Å². The molecule has 0 aromatic rings. The lowest BCUT2D eigenvalue weighted by atomic mass is 10.1. The SMILES string of the molecule is C=C(C(=O)OCC)N(C)CNC1C=CC(N)=CC1. The molecule has 0 amide bonds. The topological polar surface area (TPSA) is 67.6 Å². The summed E-state index contributed by atoms with van der Waals surface area (Å²) in [6.07, 6.45) is 6.71. The minimum atomic E-state index is -0.384. The van der Waals surface area contributed by atoms with E-state index in [-0.39, 0.29) is 12.0 Å². The Hall–Kier alpha value is -1.75. The number of ether oxygens (including phenoxy) is 1. The molecule has 1 rings (SSSR count). The van der Waals surface area contributed by atoms with Gasteiger partial charge in [-0.1, -0.05) is 18.7 Å². The van der Waals surface area contributed by atoms with Gasteiger partial charge in [-0.3, -0.25) is 5.32 Å². The van der Waals surface area contributed by atoms with Gasteiger partial charge in [-0.25, -0.2) is 4.79 Å². The van der Waals surface area contributed by atoms with Crippen molar-refractivity contribution in [1.82, 2.24) is 10.2 Å². The summed E-state index contributed by atoms with van der Waals surface area (Å²) in [5.74, 6) is -0.384. The first-order chi connectivity index (χ1) is 8.54. The maximum absolute atomic E-state index is 11.4. The maximum Gasteiger partial charge on any atom is 0.353 e. The minimum absolute atomic E-state index is 0.231. The van der Waals surface area contributed by atoms with E-state index in [0.717, 1.165) is 12.1 Å². The van der Waals surface area contributed by atoms with Gasteiger partial charge in [0.25, 0.3) is 0 Å². The van der Waals surface area contributed by atoms with E-state index in [2.05, 4.69) is 11.9 Å². The maximum atomic E-state index is 11.4. The smallest absolute Gasteiger partial charge is 0.353 e. The summed E-state index contributed by atoms with van der Waals surface area (Å²) in [7, 11) is 1.79. The van der Waals surface area contributed by atoms with Gasteiger partial charge >= 0.3 is 5.97 Å². The predicted octanol–water partition coefficient (Wildman–Crippen LogP) is 0.713. The number of rotatable bonds is 6. The molecule has 1 unspecified atom stereocenters. The number of nitrogens with zero attached hydrogens (tertiary/aromatic N) is 1. The molecule has 1 atom stereocenters. The van der Waals surface area contributed by atoms with Crippen molar-refractivity contribution in [2.24, 2.45) is 5.73 Å². The molecule has 0 aromatic heterocycles. The van der Waals surface area contributed by atoms with Crippen molar-refractivity contribution < 1.29 is 9.53 Å². The Labute approximate surface area is 108 Å². The van der Waals surface area contributed by atoms with E-state index < -0.39 is 0 Å². The summed E-state index contributed by atoms with van der Waals surface area (Å²) in [5, 5.41) is 3.29. The molecule has 0 radical (unpaired) electrons. The van der Waals surface area contributed by atoms with Gasteiger partial charge in [0.2, 0.25) is 0 Å². The molecule has 0 aromatic carbocycles. The van der Waals surface area contributed by atoms with Crippen LogP contribution in [-0.4, -0.2) is 37.2 Å².